The lowest BCUT2D eigenvalue weighted by Crippen LogP contribution is -2.41. The Morgan fingerprint density at radius 1 is 1.39 bits per heavy atom. The van der Waals surface area contributed by atoms with Crippen LogP contribution in [0.5, 0.6) is 0 Å². The molecule has 2 saturated heterocycles. The first-order valence-corrected chi connectivity index (χ1v) is 6.63. The lowest BCUT2D eigenvalue weighted by atomic mass is 9.75. The normalized spacial score (nSPS) is 37.6. The zero-order chi connectivity index (χ0) is 13.4. The first-order valence-electron chi connectivity index (χ1n) is 6.63. The van der Waals surface area contributed by atoms with Gasteiger partial charge in [0, 0.05) is 6.42 Å². The van der Waals surface area contributed by atoms with Crippen molar-refractivity contribution >= 4 is 5.78 Å². The van der Waals surface area contributed by atoms with Crippen LogP contribution in [0, 0.1) is 11.8 Å². The summed E-state index contributed by atoms with van der Waals surface area (Å²) in [5.41, 5.74) is 0.823. The van der Waals surface area contributed by atoms with Crippen molar-refractivity contribution in [1.82, 2.24) is 0 Å². The van der Waals surface area contributed by atoms with E-state index in [9.17, 15) is 4.79 Å². The quantitative estimate of drug-likeness (QED) is 0.556. The van der Waals surface area contributed by atoms with Crippen LogP contribution in [-0.4, -0.2) is 24.1 Å². The van der Waals surface area contributed by atoms with Gasteiger partial charge in [-0.15, -0.1) is 0 Å². The molecule has 0 amide bonds. The molecule has 2 aliphatic heterocycles. The number of ether oxygens (including phenoxy) is 2. The molecule has 3 heteroatoms. The molecule has 5 unspecified atom stereocenters. The fourth-order valence-electron chi connectivity index (χ4n) is 3.22. The summed E-state index contributed by atoms with van der Waals surface area (Å²) in [5.74, 6) is 1.15. The van der Waals surface area contributed by atoms with Gasteiger partial charge in [-0.3, -0.25) is 4.79 Å². The van der Waals surface area contributed by atoms with E-state index in [1.54, 1.807) is 6.92 Å². The fraction of sp³-hybridized carbons (Fsp3) is 0.667. The lowest BCUT2D eigenvalue weighted by molar-refractivity contribution is -0.125. The van der Waals surface area contributed by atoms with Crippen molar-refractivity contribution in [2.45, 2.75) is 51.9 Å². The third kappa shape index (κ3) is 2.12. The summed E-state index contributed by atoms with van der Waals surface area (Å²) in [6.07, 6.45) is 1.86. The van der Waals surface area contributed by atoms with Crippen LogP contribution in [0.3, 0.4) is 0 Å². The van der Waals surface area contributed by atoms with Gasteiger partial charge in [-0.25, -0.2) is 0 Å². The molecule has 0 radical (unpaired) electrons. The van der Waals surface area contributed by atoms with Crippen LogP contribution in [-0.2, 0) is 14.3 Å². The van der Waals surface area contributed by atoms with E-state index >= 15 is 0 Å². The molecule has 0 aromatic heterocycles. The number of allylic oxidation sites excluding steroid dienone is 1. The molecule has 2 heterocycles. The summed E-state index contributed by atoms with van der Waals surface area (Å²) in [4.78, 5) is 11.8. The number of hydrogen-bond donors (Lipinski definition) is 0. The van der Waals surface area contributed by atoms with Crippen LogP contribution in [0.2, 0.25) is 0 Å². The van der Waals surface area contributed by atoms with Gasteiger partial charge in [0.15, 0.2) is 0 Å². The highest BCUT2D eigenvalue weighted by molar-refractivity contribution is 5.80. The van der Waals surface area contributed by atoms with E-state index < -0.39 is 0 Å². The van der Waals surface area contributed by atoms with Crippen molar-refractivity contribution < 1.29 is 14.3 Å². The average molecular weight is 250 g/mol. The molecule has 18 heavy (non-hydrogen) atoms. The van der Waals surface area contributed by atoms with E-state index in [2.05, 4.69) is 20.1 Å². The van der Waals surface area contributed by atoms with Crippen LogP contribution >= 0.6 is 0 Å². The Balaban J connectivity index is 2.09. The molecule has 0 saturated carbocycles. The Morgan fingerprint density at radius 3 is 2.56 bits per heavy atom. The van der Waals surface area contributed by atoms with Gasteiger partial charge in [-0.1, -0.05) is 26.5 Å². The van der Waals surface area contributed by atoms with Crippen molar-refractivity contribution in [3.8, 4) is 0 Å². The van der Waals surface area contributed by atoms with Crippen LogP contribution in [0.25, 0.3) is 0 Å². The van der Waals surface area contributed by atoms with Crippen LogP contribution in [0.15, 0.2) is 24.5 Å². The van der Waals surface area contributed by atoms with Crippen molar-refractivity contribution in [2.75, 3.05) is 0 Å². The first-order chi connectivity index (χ1) is 8.45. The molecule has 2 bridgehead atoms. The molecule has 0 aromatic rings. The van der Waals surface area contributed by atoms with Gasteiger partial charge in [0.1, 0.15) is 23.8 Å². The minimum atomic E-state index is -0.103. The van der Waals surface area contributed by atoms with Crippen LogP contribution < -0.4 is 0 Å². The van der Waals surface area contributed by atoms with Gasteiger partial charge < -0.3 is 9.47 Å². The van der Waals surface area contributed by atoms with E-state index in [1.165, 1.54) is 0 Å². The summed E-state index contributed by atoms with van der Waals surface area (Å²) in [5, 5.41) is 0. The summed E-state index contributed by atoms with van der Waals surface area (Å²) in [6, 6.07) is 0. The topological polar surface area (TPSA) is 35.5 Å². The maximum absolute atomic E-state index is 11.8. The molecular formula is C15H22O3. The lowest BCUT2D eigenvalue weighted by Gasteiger charge is -2.31. The zero-order valence-electron chi connectivity index (χ0n) is 11.4. The Hall–Kier alpha value is -1.09. The summed E-state index contributed by atoms with van der Waals surface area (Å²) >= 11 is 0. The fourth-order valence-corrected chi connectivity index (χ4v) is 3.22. The maximum atomic E-state index is 11.8. The molecular weight excluding hydrogens is 228 g/mol. The highest BCUT2D eigenvalue weighted by atomic mass is 16.6. The smallest absolute Gasteiger partial charge is 0.136 e. The van der Waals surface area contributed by atoms with Gasteiger partial charge in [0.25, 0.3) is 0 Å². The average Bonchev–Trinajstić information content (AvgIpc) is 2.84. The predicted octanol–water partition coefficient (Wildman–Crippen LogP) is 2.86. The second kappa shape index (κ2) is 4.88. The molecule has 2 fully saturated rings. The van der Waals surface area contributed by atoms with Gasteiger partial charge in [-0.2, -0.15) is 0 Å². The summed E-state index contributed by atoms with van der Waals surface area (Å²) < 4.78 is 11.7. The number of fused-ring (bicyclic) bond motifs is 2. The standard InChI is InChI=1S/C15H22O3/c1-6-11-12-7-13(17-10(5)8(2)3)15(18-12)14(11)9(4)16/h11-15H,2,5-7H2,1,3-4H3. The third-order valence-electron chi connectivity index (χ3n) is 4.17. The first kappa shape index (κ1) is 13.3. The van der Waals surface area contributed by atoms with E-state index in [-0.39, 0.29) is 30.0 Å². The van der Waals surface area contributed by atoms with Crippen molar-refractivity contribution in [3.63, 3.8) is 0 Å². The molecule has 2 aliphatic rings. The Kier molecular flexibility index (Phi) is 3.62. The second-order valence-corrected chi connectivity index (χ2v) is 5.44. The maximum Gasteiger partial charge on any atom is 0.136 e. The van der Waals surface area contributed by atoms with Gasteiger partial charge in [0.05, 0.1) is 12.0 Å². The summed E-state index contributed by atoms with van der Waals surface area (Å²) in [7, 11) is 0. The molecule has 2 rings (SSSR count). The molecule has 0 N–H and O–H groups in total. The number of hydrogen-bond acceptors (Lipinski definition) is 3. The van der Waals surface area contributed by atoms with E-state index in [4.69, 9.17) is 9.47 Å². The highest BCUT2D eigenvalue weighted by Gasteiger charge is 2.56. The number of carbonyl (C=O) groups excluding carboxylic acids is 1. The van der Waals surface area contributed by atoms with Crippen molar-refractivity contribution in [3.05, 3.63) is 24.5 Å². The van der Waals surface area contributed by atoms with Gasteiger partial charge in [0.2, 0.25) is 0 Å². The molecule has 0 aromatic carbocycles. The Bertz CT molecular complexity index is 385. The number of rotatable bonds is 5. The molecule has 3 nitrogen and oxygen atoms in total. The Morgan fingerprint density at radius 2 is 2.06 bits per heavy atom. The number of Topliss-reactive ketones (excluding diaryl/α,β-unsaturated/α-hetero) is 1. The minimum Gasteiger partial charge on any atom is -0.488 e. The zero-order valence-corrected chi connectivity index (χ0v) is 11.4. The van der Waals surface area contributed by atoms with Gasteiger partial charge >= 0.3 is 0 Å². The predicted molar refractivity (Wildman–Crippen MR) is 70.1 cm³/mol. The van der Waals surface area contributed by atoms with Crippen LogP contribution in [0.4, 0.5) is 0 Å². The van der Waals surface area contributed by atoms with Crippen molar-refractivity contribution in [1.29, 1.82) is 0 Å². The van der Waals surface area contributed by atoms with Gasteiger partial charge in [-0.05, 0) is 25.3 Å². The largest absolute Gasteiger partial charge is 0.488 e. The molecule has 0 spiro atoms. The minimum absolute atomic E-state index is 0.0170. The molecule has 100 valence electrons. The highest BCUT2D eigenvalue weighted by Crippen LogP contribution is 2.47. The monoisotopic (exact) mass is 250 g/mol. The Labute approximate surface area is 109 Å². The number of ketones is 1. The summed E-state index contributed by atoms with van der Waals surface area (Å²) in [6.45, 7) is 13.3. The second-order valence-electron chi connectivity index (χ2n) is 5.44. The molecule has 5 atom stereocenters. The van der Waals surface area contributed by atoms with E-state index in [0.29, 0.717) is 11.7 Å². The van der Waals surface area contributed by atoms with E-state index in [0.717, 1.165) is 18.4 Å². The van der Waals surface area contributed by atoms with E-state index in [1.807, 2.05) is 6.92 Å². The van der Waals surface area contributed by atoms with Crippen LogP contribution in [0.1, 0.15) is 33.6 Å². The molecule has 0 aliphatic carbocycles. The number of carbonyl (C=O) groups is 1. The van der Waals surface area contributed by atoms with Crippen molar-refractivity contribution in [2.24, 2.45) is 11.8 Å². The SMILES string of the molecule is C=C(C)C(=C)OC1CC2OC1C(C(C)=O)C2CC. The third-order valence-corrected chi connectivity index (χ3v) is 4.17.